The molecule has 0 bridgehead atoms. The Kier molecular flexibility index (Phi) is 3.06. The minimum Gasteiger partial charge on any atom is -0.381 e. The Balaban J connectivity index is 1.85. The number of hydrogen-bond donors (Lipinski definition) is 1. The van der Waals surface area contributed by atoms with Gasteiger partial charge in [-0.15, -0.1) is 0 Å². The molecule has 1 fully saturated rings. The van der Waals surface area contributed by atoms with E-state index in [1.165, 1.54) is 19.3 Å². The number of pyridine rings is 1. The van der Waals surface area contributed by atoms with E-state index in [1.54, 1.807) is 0 Å². The van der Waals surface area contributed by atoms with Crippen LogP contribution in [0.4, 0.5) is 5.69 Å². The summed E-state index contributed by atoms with van der Waals surface area (Å²) >= 11 is 3.32. The summed E-state index contributed by atoms with van der Waals surface area (Å²) in [5.41, 5.74) is 1.11. The number of aromatic nitrogens is 1. The first kappa shape index (κ1) is 9.97. The predicted octanol–water partition coefficient (Wildman–Crippen LogP) is 3.44. The van der Waals surface area contributed by atoms with Gasteiger partial charge in [-0.3, -0.25) is 0 Å². The van der Waals surface area contributed by atoms with Crippen molar-refractivity contribution in [3.8, 4) is 0 Å². The van der Waals surface area contributed by atoms with E-state index >= 15 is 0 Å². The SMILES string of the molecule is CC(CC1CC1)Nc1ccc(Br)nc1. The summed E-state index contributed by atoms with van der Waals surface area (Å²) in [7, 11) is 0. The molecule has 0 radical (unpaired) electrons. The summed E-state index contributed by atoms with van der Waals surface area (Å²) in [6, 6.07) is 4.58. The summed E-state index contributed by atoms with van der Waals surface area (Å²) in [4.78, 5) is 4.18. The minimum absolute atomic E-state index is 0.561. The van der Waals surface area contributed by atoms with Gasteiger partial charge in [-0.25, -0.2) is 4.98 Å². The van der Waals surface area contributed by atoms with Gasteiger partial charge in [0, 0.05) is 6.04 Å². The fraction of sp³-hybridized carbons (Fsp3) is 0.545. The van der Waals surface area contributed by atoms with Crippen LogP contribution in [0.2, 0.25) is 0 Å². The number of hydrogen-bond acceptors (Lipinski definition) is 2. The normalized spacial score (nSPS) is 17.9. The molecule has 1 unspecified atom stereocenters. The Hall–Kier alpha value is -0.570. The topological polar surface area (TPSA) is 24.9 Å². The highest BCUT2D eigenvalue weighted by Gasteiger charge is 2.23. The summed E-state index contributed by atoms with van der Waals surface area (Å²) in [6.07, 6.45) is 6.00. The summed E-state index contributed by atoms with van der Waals surface area (Å²) in [5, 5.41) is 3.46. The third-order valence-electron chi connectivity index (χ3n) is 2.52. The maximum absolute atomic E-state index is 4.18. The van der Waals surface area contributed by atoms with Crippen molar-refractivity contribution in [2.75, 3.05) is 5.32 Å². The molecule has 2 rings (SSSR count). The highest BCUT2D eigenvalue weighted by molar-refractivity contribution is 9.10. The number of nitrogens with zero attached hydrogens (tertiary/aromatic N) is 1. The van der Waals surface area contributed by atoms with Gasteiger partial charge in [-0.05, 0) is 47.3 Å². The zero-order valence-corrected chi connectivity index (χ0v) is 9.92. The average Bonchev–Trinajstić information content (AvgIpc) is 2.93. The lowest BCUT2D eigenvalue weighted by molar-refractivity contribution is 0.642. The zero-order chi connectivity index (χ0) is 9.97. The minimum atomic E-state index is 0.561. The molecule has 1 heterocycles. The fourth-order valence-corrected chi connectivity index (χ4v) is 1.89. The van der Waals surface area contributed by atoms with Crippen LogP contribution in [0.1, 0.15) is 26.2 Å². The standard InChI is InChI=1S/C11H15BrN2/c1-8(6-9-2-3-9)14-10-4-5-11(12)13-7-10/h4-5,7-9,14H,2-3,6H2,1H3. The molecule has 2 nitrogen and oxygen atoms in total. The van der Waals surface area contributed by atoms with E-state index in [-0.39, 0.29) is 0 Å². The van der Waals surface area contributed by atoms with Crippen molar-refractivity contribution >= 4 is 21.6 Å². The van der Waals surface area contributed by atoms with Crippen LogP contribution in [0.15, 0.2) is 22.9 Å². The zero-order valence-electron chi connectivity index (χ0n) is 8.33. The number of halogens is 1. The van der Waals surface area contributed by atoms with Crippen molar-refractivity contribution in [1.29, 1.82) is 0 Å². The molecule has 1 saturated carbocycles. The van der Waals surface area contributed by atoms with Gasteiger partial charge in [0.15, 0.2) is 0 Å². The summed E-state index contributed by atoms with van der Waals surface area (Å²) in [6.45, 7) is 2.24. The molecular weight excluding hydrogens is 240 g/mol. The van der Waals surface area contributed by atoms with E-state index in [0.29, 0.717) is 6.04 Å². The van der Waals surface area contributed by atoms with Crippen molar-refractivity contribution in [2.24, 2.45) is 5.92 Å². The number of rotatable bonds is 4. The van der Waals surface area contributed by atoms with E-state index in [2.05, 4.69) is 39.2 Å². The van der Waals surface area contributed by atoms with Crippen LogP contribution in [0, 0.1) is 5.92 Å². The van der Waals surface area contributed by atoms with Crippen LogP contribution in [-0.2, 0) is 0 Å². The molecule has 1 aliphatic rings. The lowest BCUT2D eigenvalue weighted by Crippen LogP contribution is -2.15. The van der Waals surface area contributed by atoms with Crippen molar-refractivity contribution in [2.45, 2.75) is 32.2 Å². The van der Waals surface area contributed by atoms with Crippen molar-refractivity contribution in [1.82, 2.24) is 4.98 Å². The summed E-state index contributed by atoms with van der Waals surface area (Å²) < 4.78 is 0.887. The van der Waals surface area contributed by atoms with Gasteiger partial charge in [0.05, 0.1) is 11.9 Å². The van der Waals surface area contributed by atoms with Crippen LogP contribution in [0.3, 0.4) is 0 Å². The Morgan fingerprint density at radius 1 is 1.57 bits per heavy atom. The molecule has 3 heteroatoms. The second-order valence-electron chi connectivity index (χ2n) is 4.09. The average molecular weight is 255 g/mol. The lowest BCUT2D eigenvalue weighted by Gasteiger charge is -2.14. The van der Waals surface area contributed by atoms with Gasteiger partial charge in [-0.1, -0.05) is 12.8 Å². The highest BCUT2D eigenvalue weighted by Crippen LogP contribution is 2.34. The van der Waals surface area contributed by atoms with Gasteiger partial charge in [-0.2, -0.15) is 0 Å². The smallest absolute Gasteiger partial charge is 0.106 e. The van der Waals surface area contributed by atoms with Crippen molar-refractivity contribution in [3.05, 3.63) is 22.9 Å². The molecule has 1 aromatic heterocycles. The number of nitrogens with one attached hydrogen (secondary N) is 1. The molecular formula is C11H15BrN2. The maximum atomic E-state index is 4.18. The van der Waals surface area contributed by atoms with Gasteiger partial charge in [0.2, 0.25) is 0 Å². The Morgan fingerprint density at radius 3 is 2.93 bits per heavy atom. The van der Waals surface area contributed by atoms with Crippen LogP contribution >= 0.6 is 15.9 Å². The van der Waals surface area contributed by atoms with Crippen molar-refractivity contribution < 1.29 is 0 Å². The van der Waals surface area contributed by atoms with E-state index in [4.69, 9.17) is 0 Å². The molecule has 0 spiro atoms. The predicted molar refractivity (Wildman–Crippen MR) is 62.4 cm³/mol. The summed E-state index contributed by atoms with van der Waals surface area (Å²) in [5.74, 6) is 0.973. The van der Waals surface area contributed by atoms with Crippen molar-refractivity contribution in [3.63, 3.8) is 0 Å². The molecule has 0 saturated heterocycles. The van der Waals surface area contributed by atoms with Crippen LogP contribution in [0.25, 0.3) is 0 Å². The van der Waals surface area contributed by atoms with Gasteiger partial charge < -0.3 is 5.32 Å². The first-order valence-electron chi connectivity index (χ1n) is 5.12. The van der Waals surface area contributed by atoms with E-state index < -0.39 is 0 Å². The Labute approximate surface area is 93.3 Å². The van der Waals surface area contributed by atoms with Crippen LogP contribution < -0.4 is 5.32 Å². The molecule has 1 N–H and O–H groups in total. The van der Waals surface area contributed by atoms with E-state index in [0.717, 1.165) is 16.2 Å². The third-order valence-corrected chi connectivity index (χ3v) is 2.99. The lowest BCUT2D eigenvalue weighted by atomic mass is 10.1. The molecule has 1 aromatic rings. The van der Waals surface area contributed by atoms with Gasteiger partial charge in [0.1, 0.15) is 4.60 Å². The van der Waals surface area contributed by atoms with Crippen LogP contribution in [0.5, 0.6) is 0 Å². The van der Waals surface area contributed by atoms with Crippen LogP contribution in [-0.4, -0.2) is 11.0 Å². The molecule has 14 heavy (non-hydrogen) atoms. The number of anilines is 1. The molecule has 0 amide bonds. The fourth-order valence-electron chi connectivity index (χ4n) is 1.66. The quantitative estimate of drug-likeness (QED) is 0.833. The van der Waals surface area contributed by atoms with E-state index in [9.17, 15) is 0 Å². The first-order valence-corrected chi connectivity index (χ1v) is 5.91. The van der Waals surface area contributed by atoms with E-state index in [1.807, 2.05) is 12.3 Å². The monoisotopic (exact) mass is 254 g/mol. The molecule has 76 valence electrons. The molecule has 1 aliphatic carbocycles. The third kappa shape index (κ3) is 2.98. The molecule has 0 aliphatic heterocycles. The maximum Gasteiger partial charge on any atom is 0.106 e. The Morgan fingerprint density at radius 2 is 2.36 bits per heavy atom. The second-order valence-corrected chi connectivity index (χ2v) is 4.91. The highest BCUT2D eigenvalue weighted by atomic mass is 79.9. The molecule has 1 atom stereocenters. The largest absolute Gasteiger partial charge is 0.381 e. The van der Waals surface area contributed by atoms with Gasteiger partial charge in [0.25, 0.3) is 0 Å². The second kappa shape index (κ2) is 4.30. The first-order chi connectivity index (χ1) is 6.74. The van der Waals surface area contributed by atoms with Gasteiger partial charge >= 0.3 is 0 Å². The molecule has 0 aromatic carbocycles. The Bertz CT molecular complexity index is 293.